The van der Waals surface area contributed by atoms with Crippen molar-refractivity contribution in [3.05, 3.63) is 0 Å². The highest BCUT2D eigenvalue weighted by atomic mass is 16.3. The second kappa shape index (κ2) is 13.4. The predicted octanol–water partition coefficient (Wildman–Crippen LogP) is 1.49. The van der Waals surface area contributed by atoms with E-state index in [0.29, 0.717) is 44.3 Å². The molecular weight excluding hydrogens is 394 g/mol. The number of aliphatic hydroxyl groups excluding tert-OH is 1. The zero-order chi connectivity index (χ0) is 22.8. The van der Waals surface area contributed by atoms with Gasteiger partial charge in [-0.15, -0.1) is 0 Å². The van der Waals surface area contributed by atoms with Crippen molar-refractivity contribution in [3.8, 4) is 0 Å². The van der Waals surface area contributed by atoms with Gasteiger partial charge in [-0.2, -0.15) is 0 Å². The largest absolute Gasteiger partial charge is 0.393 e. The number of carbonyl (C=O) groups is 2. The smallest absolute Gasteiger partial charge is 0.247 e. The second-order valence-electron chi connectivity index (χ2n) is 9.47. The normalized spacial score (nSPS) is 23.3. The summed E-state index contributed by atoms with van der Waals surface area (Å²) in [5.41, 5.74) is 12.1. The van der Waals surface area contributed by atoms with E-state index in [2.05, 4.69) is 0 Å². The maximum absolute atomic E-state index is 13.5. The molecule has 1 saturated carbocycles. The molecule has 0 spiro atoms. The second-order valence-corrected chi connectivity index (χ2v) is 9.47. The van der Waals surface area contributed by atoms with Gasteiger partial charge in [0.1, 0.15) is 6.04 Å². The van der Waals surface area contributed by atoms with Crippen LogP contribution in [0.15, 0.2) is 0 Å². The fraction of sp³-hybridized carbons (Fsp3) is 0.913. The Morgan fingerprint density at radius 2 is 1.74 bits per heavy atom. The SMILES string of the molecule is CCC(O)CC(=O)N(N)[C@@H](CCC(CN)C1CCCCC1)C(=O)N1CCCCC1CN. The number of carbonyl (C=O) groups excluding carboxylic acids is 2. The molecule has 0 aromatic rings. The number of amides is 2. The Kier molecular flexibility index (Phi) is 11.2. The summed E-state index contributed by atoms with van der Waals surface area (Å²) in [5.74, 6) is 6.65. The maximum atomic E-state index is 13.5. The van der Waals surface area contributed by atoms with E-state index in [9.17, 15) is 14.7 Å². The molecule has 31 heavy (non-hydrogen) atoms. The van der Waals surface area contributed by atoms with Gasteiger partial charge >= 0.3 is 0 Å². The van der Waals surface area contributed by atoms with Crippen LogP contribution in [0.4, 0.5) is 0 Å². The lowest BCUT2D eigenvalue weighted by atomic mass is 9.77. The summed E-state index contributed by atoms with van der Waals surface area (Å²) >= 11 is 0. The molecule has 7 N–H and O–H groups in total. The summed E-state index contributed by atoms with van der Waals surface area (Å²) in [6.45, 7) is 3.48. The number of nitrogens with two attached hydrogens (primary N) is 3. The van der Waals surface area contributed by atoms with Crippen molar-refractivity contribution >= 4 is 11.8 Å². The molecule has 1 heterocycles. The number of aliphatic hydroxyl groups is 1. The van der Waals surface area contributed by atoms with Crippen molar-refractivity contribution in [1.29, 1.82) is 0 Å². The van der Waals surface area contributed by atoms with Crippen molar-refractivity contribution < 1.29 is 14.7 Å². The number of hydrazine groups is 1. The Labute approximate surface area is 187 Å². The van der Waals surface area contributed by atoms with Crippen LogP contribution in [0.25, 0.3) is 0 Å². The lowest BCUT2D eigenvalue weighted by Crippen LogP contribution is -2.58. The van der Waals surface area contributed by atoms with Gasteiger partial charge in [-0.1, -0.05) is 39.0 Å². The third-order valence-electron chi connectivity index (χ3n) is 7.40. The van der Waals surface area contributed by atoms with E-state index in [1.165, 1.54) is 32.1 Å². The molecule has 8 heteroatoms. The van der Waals surface area contributed by atoms with Gasteiger partial charge < -0.3 is 21.5 Å². The summed E-state index contributed by atoms with van der Waals surface area (Å²) in [4.78, 5) is 28.1. The summed E-state index contributed by atoms with van der Waals surface area (Å²) in [7, 11) is 0. The van der Waals surface area contributed by atoms with Gasteiger partial charge in [0.25, 0.3) is 0 Å². The van der Waals surface area contributed by atoms with E-state index in [-0.39, 0.29) is 18.4 Å². The Balaban J connectivity index is 2.13. The molecule has 8 nitrogen and oxygen atoms in total. The van der Waals surface area contributed by atoms with Crippen LogP contribution in [0.3, 0.4) is 0 Å². The molecule has 2 amide bonds. The van der Waals surface area contributed by atoms with Crippen molar-refractivity contribution in [2.24, 2.45) is 29.1 Å². The lowest BCUT2D eigenvalue weighted by molar-refractivity contribution is -0.150. The van der Waals surface area contributed by atoms with E-state index in [1.807, 2.05) is 11.8 Å². The summed E-state index contributed by atoms with van der Waals surface area (Å²) < 4.78 is 0. The first-order valence-electron chi connectivity index (χ1n) is 12.4. The monoisotopic (exact) mass is 439 g/mol. The third kappa shape index (κ3) is 7.41. The molecule has 3 unspecified atom stereocenters. The van der Waals surface area contributed by atoms with E-state index in [4.69, 9.17) is 17.3 Å². The van der Waals surface area contributed by atoms with E-state index >= 15 is 0 Å². The van der Waals surface area contributed by atoms with Crippen LogP contribution in [-0.4, -0.2) is 64.7 Å². The highest BCUT2D eigenvalue weighted by Crippen LogP contribution is 2.33. The quantitative estimate of drug-likeness (QED) is 0.218. The van der Waals surface area contributed by atoms with Crippen LogP contribution >= 0.6 is 0 Å². The number of hydrogen-bond donors (Lipinski definition) is 4. The topological polar surface area (TPSA) is 139 Å². The van der Waals surface area contributed by atoms with Crippen LogP contribution in [0.2, 0.25) is 0 Å². The first-order chi connectivity index (χ1) is 14.9. The number of nitrogens with zero attached hydrogens (tertiary/aromatic N) is 2. The number of piperidine rings is 1. The molecule has 0 bridgehead atoms. The fourth-order valence-corrected chi connectivity index (χ4v) is 5.26. The van der Waals surface area contributed by atoms with E-state index in [1.54, 1.807) is 0 Å². The Morgan fingerprint density at radius 3 is 2.35 bits per heavy atom. The molecule has 0 radical (unpaired) electrons. The van der Waals surface area contributed by atoms with Gasteiger partial charge in [0.2, 0.25) is 11.8 Å². The average Bonchev–Trinajstić information content (AvgIpc) is 2.81. The molecule has 1 aliphatic carbocycles. The van der Waals surface area contributed by atoms with Gasteiger partial charge in [-0.3, -0.25) is 14.6 Å². The Bertz CT molecular complexity index is 555. The van der Waals surface area contributed by atoms with Gasteiger partial charge in [0.15, 0.2) is 0 Å². The third-order valence-corrected chi connectivity index (χ3v) is 7.40. The molecular formula is C23H45N5O3. The molecule has 4 atom stereocenters. The molecule has 180 valence electrons. The van der Waals surface area contributed by atoms with Crippen molar-refractivity contribution in [1.82, 2.24) is 9.91 Å². The standard InChI is InChI=1S/C23H45N5O3/c1-2-20(29)14-22(30)28(26)21(23(31)27-13-7-6-10-19(27)16-25)12-11-18(15-24)17-8-4-3-5-9-17/h17-21,29H,2-16,24-26H2,1H3/t18?,19?,20?,21-/m0/s1. The highest BCUT2D eigenvalue weighted by Gasteiger charge is 2.36. The molecule has 0 aromatic heterocycles. The maximum Gasteiger partial charge on any atom is 0.247 e. The average molecular weight is 440 g/mol. The van der Waals surface area contributed by atoms with E-state index < -0.39 is 18.1 Å². The fourth-order valence-electron chi connectivity index (χ4n) is 5.26. The van der Waals surface area contributed by atoms with E-state index in [0.717, 1.165) is 30.7 Å². The van der Waals surface area contributed by atoms with Gasteiger partial charge in [-0.05, 0) is 56.9 Å². The Hall–Kier alpha value is -1.22. The van der Waals surface area contributed by atoms with Crippen molar-refractivity contribution in [2.45, 2.75) is 102 Å². The van der Waals surface area contributed by atoms with Gasteiger partial charge in [0.05, 0.1) is 12.5 Å². The first-order valence-corrected chi connectivity index (χ1v) is 12.4. The number of hydrogen-bond acceptors (Lipinski definition) is 6. The number of rotatable bonds is 11. The summed E-state index contributed by atoms with van der Waals surface area (Å²) in [6.07, 6.45) is 9.95. The van der Waals surface area contributed by atoms with Crippen LogP contribution in [0.1, 0.15) is 84.0 Å². The van der Waals surface area contributed by atoms with Crippen LogP contribution in [-0.2, 0) is 9.59 Å². The minimum atomic E-state index is -0.750. The van der Waals surface area contributed by atoms with Gasteiger partial charge in [-0.25, -0.2) is 5.84 Å². The molecule has 1 aliphatic heterocycles. The molecule has 2 fully saturated rings. The molecule has 0 aromatic carbocycles. The number of likely N-dealkylation sites (tertiary alicyclic amines) is 1. The summed E-state index contributed by atoms with van der Waals surface area (Å²) in [6, 6.07) is -0.738. The van der Waals surface area contributed by atoms with Crippen LogP contribution < -0.4 is 17.3 Å². The van der Waals surface area contributed by atoms with Crippen LogP contribution in [0.5, 0.6) is 0 Å². The summed E-state index contributed by atoms with van der Waals surface area (Å²) in [5, 5.41) is 11.0. The van der Waals surface area contributed by atoms with Gasteiger partial charge in [0, 0.05) is 19.1 Å². The Morgan fingerprint density at radius 1 is 1.06 bits per heavy atom. The lowest BCUT2D eigenvalue weighted by Gasteiger charge is -2.40. The minimum Gasteiger partial charge on any atom is -0.393 e. The first kappa shape index (κ1) is 26.0. The molecule has 1 saturated heterocycles. The minimum absolute atomic E-state index is 0.00265. The molecule has 2 rings (SSSR count). The highest BCUT2D eigenvalue weighted by molar-refractivity contribution is 5.87. The zero-order valence-corrected chi connectivity index (χ0v) is 19.4. The zero-order valence-electron chi connectivity index (χ0n) is 19.4. The molecule has 2 aliphatic rings. The predicted molar refractivity (Wildman–Crippen MR) is 122 cm³/mol. The van der Waals surface area contributed by atoms with Crippen LogP contribution in [0, 0.1) is 11.8 Å². The van der Waals surface area contributed by atoms with Crippen molar-refractivity contribution in [2.75, 3.05) is 19.6 Å². The van der Waals surface area contributed by atoms with Crippen molar-refractivity contribution in [3.63, 3.8) is 0 Å².